The van der Waals surface area contributed by atoms with Crippen LogP contribution in [0.3, 0.4) is 0 Å². The third-order valence-electron chi connectivity index (χ3n) is 5.76. The summed E-state index contributed by atoms with van der Waals surface area (Å²) in [6.45, 7) is 6.68. The van der Waals surface area contributed by atoms with Crippen LogP contribution in [0.25, 0.3) is 11.0 Å². The molecule has 1 aliphatic heterocycles. The molecular weight excluding hydrogens is 402 g/mol. The van der Waals surface area contributed by atoms with Gasteiger partial charge in [0.05, 0.1) is 11.0 Å². The van der Waals surface area contributed by atoms with Gasteiger partial charge in [-0.2, -0.15) is 0 Å². The van der Waals surface area contributed by atoms with Crippen LogP contribution in [-0.2, 0) is 4.79 Å². The first kappa shape index (κ1) is 20.7. The van der Waals surface area contributed by atoms with Crippen molar-refractivity contribution in [1.29, 1.82) is 0 Å². The second kappa shape index (κ2) is 9.04. The van der Waals surface area contributed by atoms with Crippen LogP contribution in [0.1, 0.15) is 24.9 Å². The summed E-state index contributed by atoms with van der Waals surface area (Å²) >= 11 is 6.35. The highest BCUT2D eigenvalue weighted by atomic mass is 35.5. The number of imidazole rings is 1. The minimum atomic E-state index is -0.253. The molecule has 4 rings (SSSR count). The van der Waals surface area contributed by atoms with Crippen LogP contribution in [-0.4, -0.2) is 58.4 Å². The molecule has 0 aliphatic carbocycles. The molecule has 3 N–H and O–H groups in total. The summed E-state index contributed by atoms with van der Waals surface area (Å²) < 4.78 is 0. The molecule has 1 amide bonds. The molecule has 1 aromatic heterocycles. The number of amides is 1. The third kappa shape index (κ3) is 4.75. The van der Waals surface area contributed by atoms with E-state index >= 15 is 0 Å². The normalized spacial score (nSPS) is 16.6. The maximum atomic E-state index is 12.3. The highest BCUT2D eigenvalue weighted by Crippen LogP contribution is 2.27. The topological polar surface area (TPSA) is 84.2 Å². The number of H-pyrrole nitrogens is 2. The van der Waals surface area contributed by atoms with Gasteiger partial charge >= 0.3 is 5.69 Å². The van der Waals surface area contributed by atoms with Crippen molar-refractivity contribution in [2.45, 2.75) is 19.4 Å². The minimum absolute atomic E-state index is 0.0286. The molecule has 1 unspecified atom stereocenters. The maximum Gasteiger partial charge on any atom is 0.323 e. The molecule has 30 heavy (non-hydrogen) atoms. The fraction of sp³-hybridized carbons (Fsp3) is 0.364. The van der Waals surface area contributed by atoms with E-state index < -0.39 is 0 Å². The lowest BCUT2D eigenvalue weighted by molar-refractivity contribution is -0.116. The van der Waals surface area contributed by atoms with Gasteiger partial charge in [0.25, 0.3) is 0 Å². The predicted molar refractivity (Wildman–Crippen MR) is 120 cm³/mol. The summed E-state index contributed by atoms with van der Waals surface area (Å²) in [7, 11) is 0. The van der Waals surface area contributed by atoms with Crippen molar-refractivity contribution in [1.82, 2.24) is 19.8 Å². The molecule has 2 heterocycles. The van der Waals surface area contributed by atoms with E-state index in [1.807, 2.05) is 18.2 Å². The van der Waals surface area contributed by atoms with E-state index in [-0.39, 0.29) is 17.6 Å². The molecule has 1 fully saturated rings. The number of rotatable bonds is 6. The molecule has 0 spiro atoms. The Labute approximate surface area is 180 Å². The summed E-state index contributed by atoms with van der Waals surface area (Å²) in [4.78, 5) is 33.8. The van der Waals surface area contributed by atoms with Crippen molar-refractivity contribution in [3.63, 3.8) is 0 Å². The average molecular weight is 428 g/mol. The Morgan fingerprint density at radius 3 is 2.60 bits per heavy atom. The van der Waals surface area contributed by atoms with Crippen molar-refractivity contribution in [3.8, 4) is 0 Å². The minimum Gasteiger partial charge on any atom is -0.326 e. The monoisotopic (exact) mass is 427 g/mol. The molecule has 0 radical (unpaired) electrons. The number of carbonyl (C=O) groups excluding carboxylic acids is 1. The molecule has 0 bridgehead atoms. The van der Waals surface area contributed by atoms with Gasteiger partial charge in [0.15, 0.2) is 0 Å². The largest absolute Gasteiger partial charge is 0.326 e. The summed E-state index contributed by atoms with van der Waals surface area (Å²) in [5.41, 5.74) is 2.99. The molecule has 1 aliphatic rings. The Balaban J connectivity index is 1.24. The first-order valence-corrected chi connectivity index (χ1v) is 10.6. The molecule has 1 saturated heterocycles. The molecule has 2 aromatic carbocycles. The summed E-state index contributed by atoms with van der Waals surface area (Å²) in [6.07, 6.45) is 0.432. The van der Waals surface area contributed by atoms with Crippen LogP contribution >= 0.6 is 11.6 Å². The first-order valence-electron chi connectivity index (χ1n) is 10.2. The number of carbonyl (C=O) groups is 1. The summed E-state index contributed by atoms with van der Waals surface area (Å²) in [5.74, 6) is -0.0286. The van der Waals surface area contributed by atoms with Gasteiger partial charge in [-0.1, -0.05) is 29.8 Å². The third-order valence-corrected chi connectivity index (χ3v) is 6.11. The van der Waals surface area contributed by atoms with Crippen molar-refractivity contribution in [3.05, 3.63) is 63.5 Å². The van der Waals surface area contributed by atoms with Crippen LogP contribution in [0.15, 0.2) is 47.3 Å². The Bertz CT molecular complexity index is 1080. The number of piperazine rings is 1. The number of hydrogen-bond acceptors (Lipinski definition) is 4. The van der Waals surface area contributed by atoms with Crippen LogP contribution in [0.2, 0.25) is 5.02 Å². The van der Waals surface area contributed by atoms with Gasteiger partial charge in [-0.15, -0.1) is 0 Å². The van der Waals surface area contributed by atoms with E-state index in [4.69, 9.17) is 11.6 Å². The highest BCUT2D eigenvalue weighted by Gasteiger charge is 2.23. The standard InChI is InChI=1S/C22H26ClN5O2/c1-15(17-4-2-3-5-18(17)23)28-12-10-27(11-13-28)9-8-21(29)24-16-6-7-19-20(14-16)26-22(30)25-19/h2-7,14-15H,8-13H2,1H3,(H,24,29)(H2,25,26,30). The number of aromatic nitrogens is 2. The SMILES string of the molecule is CC(c1ccccc1Cl)N1CCN(CCC(=O)Nc2ccc3[nH]c(=O)[nH]c3c2)CC1. The quantitative estimate of drug-likeness (QED) is 0.564. The fourth-order valence-corrected chi connectivity index (χ4v) is 4.27. The highest BCUT2D eigenvalue weighted by molar-refractivity contribution is 6.31. The Kier molecular flexibility index (Phi) is 6.22. The van der Waals surface area contributed by atoms with Crippen LogP contribution in [0.5, 0.6) is 0 Å². The molecular formula is C22H26ClN5O2. The van der Waals surface area contributed by atoms with E-state index in [2.05, 4.69) is 38.1 Å². The lowest BCUT2D eigenvalue weighted by Gasteiger charge is -2.38. The number of halogens is 1. The second-order valence-corrected chi connectivity index (χ2v) is 8.12. The van der Waals surface area contributed by atoms with Gasteiger partial charge in [-0.05, 0) is 36.8 Å². The Morgan fingerprint density at radius 2 is 1.83 bits per heavy atom. The number of fused-ring (bicyclic) bond motifs is 1. The zero-order chi connectivity index (χ0) is 21.1. The van der Waals surface area contributed by atoms with E-state index in [9.17, 15) is 9.59 Å². The number of benzene rings is 2. The van der Waals surface area contributed by atoms with Gasteiger partial charge in [-0.25, -0.2) is 4.79 Å². The zero-order valence-electron chi connectivity index (χ0n) is 17.0. The Morgan fingerprint density at radius 1 is 1.10 bits per heavy atom. The van der Waals surface area contributed by atoms with Gasteiger partial charge in [-0.3, -0.25) is 9.69 Å². The zero-order valence-corrected chi connectivity index (χ0v) is 17.7. The van der Waals surface area contributed by atoms with E-state index in [1.54, 1.807) is 18.2 Å². The molecule has 3 aromatic rings. The van der Waals surface area contributed by atoms with Crippen LogP contribution in [0.4, 0.5) is 5.69 Å². The van der Waals surface area contributed by atoms with Crippen molar-refractivity contribution < 1.29 is 4.79 Å². The lowest BCUT2D eigenvalue weighted by Crippen LogP contribution is -2.47. The average Bonchev–Trinajstić information content (AvgIpc) is 3.12. The number of aromatic amines is 2. The van der Waals surface area contributed by atoms with Gasteiger partial charge in [0, 0.05) is 55.9 Å². The summed E-state index contributed by atoms with van der Waals surface area (Å²) in [5, 5.41) is 3.72. The Hall–Kier alpha value is -2.61. The van der Waals surface area contributed by atoms with Gasteiger partial charge < -0.3 is 20.2 Å². The molecule has 1 atom stereocenters. The van der Waals surface area contributed by atoms with Gasteiger partial charge in [0.2, 0.25) is 5.91 Å². The smallest absolute Gasteiger partial charge is 0.323 e. The van der Waals surface area contributed by atoms with E-state index in [0.717, 1.165) is 48.8 Å². The maximum absolute atomic E-state index is 12.3. The van der Waals surface area contributed by atoms with Gasteiger partial charge in [0.1, 0.15) is 0 Å². The van der Waals surface area contributed by atoms with Crippen LogP contribution < -0.4 is 11.0 Å². The summed E-state index contributed by atoms with van der Waals surface area (Å²) in [6, 6.07) is 13.6. The predicted octanol–water partition coefficient (Wildman–Crippen LogP) is 3.22. The number of anilines is 1. The molecule has 8 heteroatoms. The first-order chi connectivity index (χ1) is 14.5. The van der Waals surface area contributed by atoms with Crippen molar-refractivity contribution in [2.24, 2.45) is 0 Å². The fourth-order valence-electron chi connectivity index (χ4n) is 3.98. The number of nitrogens with zero attached hydrogens (tertiary/aromatic N) is 2. The van der Waals surface area contributed by atoms with E-state index in [1.165, 1.54) is 0 Å². The second-order valence-electron chi connectivity index (χ2n) is 7.71. The van der Waals surface area contributed by atoms with E-state index in [0.29, 0.717) is 17.6 Å². The lowest BCUT2D eigenvalue weighted by atomic mass is 10.1. The van der Waals surface area contributed by atoms with Crippen LogP contribution in [0, 0.1) is 0 Å². The number of hydrogen-bond donors (Lipinski definition) is 3. The van der Waals surface area contributed by atoms with Crippen molar-refractivity contribution in [2.75, 3.05) is 38.0 Å². The number of nitrogens with one attached hydrogen (secondary N) is 3. The molecule has 158 valence electrons. The molecule has 7 nitrogen and oxygen atoms in total. The van der Waals surface area contributed by atoms with Crippen molar-refractivity contribution >= 4 is 34.2 Å². The molecule has 0 saturated carbocycles.